The van der Waals surface area contributed by atoms with Crippen molar-refractivity contribution in [3.05, 3.63) is 156 Å². The van der Waals surface area contributed by atoms with E-state index in [1.165, 1.54) is 23.5 Å². The van der Waals surface area contributed by atoms with Crippen LogP contribution in [0, 0.1) is 5.82 Å². The minimum absolute atomic E-state index is 0.239. The number of ether oxygens (including phenoxy) is 2. The maximum atomic E-state index is 14.1. The molecule has 0 saturated carbocycles. The summed E-state index contributed by atoms with van der Waals surface area (Å²) in [6.07, 6.45) is 1.78. The van der Waals surface area contributed by atoms with Gasteiger partial charge in [-0.2, -0.15) is 0 Å². The summed E-state index contributed by atoms with van der Waals surface area (Å²) in [6.45, 7) is 4.30. The van der Waals surface area contributed by atoms with Crippen LogP contribution in [0.4, 0.5) is 10.1 Å². The topological polar surface area (TPSA) is 81.9 Å². The van der Waals surface area contributed by atoms with Gasteiger partial charge in [-0.05, 0) is 85.1 Å². The molecule has 7 nitrogen and oxygen atoms in total. The minimum atomic E-state index is -0.722. The Labute approximate surface area is 273 Å². The van der Waals surface area contributed by atoms with Gasteiger partial charge in [-0.1, -0.05) is 71.5 Å². The number of para-hydroxylation sites is 1. The normalized spacial score (nSPS) is 14.4. The highest BCUT2D eigenvalue weighted by molar-refractivity contribution is 7.07. The molecule has 1 amide bonds. The molecular weight excluding hydrogens is 625 g/mol. The summed E-state index contributed by atoms with van der Waals surface area (Å²) in [6, 6.07) is 27.1. The number of carbonyl (C=O) groups is 1. The smallest absolute Gasteiger partial charge is 0.271 e. The molecule has 10 heteroatoms. The van der Waals surface area contributed by atoms with E-state index in [-0.39, 0.29) is 23.9 Å². The second kappa shape index (κ2) is 13.6. The van der Waals surface area contributed by atoms with Crippen molar-refractivity contribution in [3.63, 3.8) is 0 Å². The van der Waals surface area contributed by atoms with Crippen LogP contribution in [0.2, 0.25) is 5.02 Å². The Bertz CT molecular complexity index is 2110. The molecule has 0 bridgehead atoms. The van der Waals surface area contributed by atoms with E-state index < -0.39 is 6.04 Å². The highest BCUT2D eigenvalue weighted by Crippen LogP contribution is 2.32. The Hall–Kier alpha value is -4.99. The maximum absolute atomic E-state index is 14.1. The molecule has 0 saturated heterocycles. The minimum Gasteiger partial charge on any atom is -0.490 e. The van der Waals surface area contributed by atoms with E-state index in [4.69, 9.17) is 26.1 Å². The number of fused-ring (bicyclic) bond motifs is 1. The van der Waals surface area contributed by atoms with Gasteiger partial charge >= 0.3 is 0 Å². The largest absolute Gasteiger partial charge is 0.490 e. The number of hydrogen-bond donors (Lipinski definition) is 1. The molecule has 232 valence electrons. The molecule has 0 aliphatic carbocycles. The van der Waals surface area contributed by atoms with Crippen LogP contribution in [0.5, 0.6) is 11.5 Å². The van der Waals surface area contributed by atoms with Crippen molar-refractivity contribution in [1.29, 1.82) is 0 Å². The van der Waals surface area contributed by atoms with Crippen LogP contribution in [-0.4, -0.2) is 17.1 Å². The van der Waals surface area contributed by atoms with E-state index in [1.54, 1.807) is 60.0 Å². The van der Waals surface area contributed by atoms with Crippen LogP contribution < -0.4 is 29.7 Å². The number of halogens is 2. The van der Waals surface area contributed by atoms with Crippen molar-refractivity contribution in [3.8, 4) is 11.5 Å². The van der Waals surface area contributed by atoms with E-state index in [9.17, 15) is 14.0 Å². The fourth-order valence-electron chi connectivity index (χ4n) is 5.19. The molecular formula is C36H29ClFN3O4S. The lowest BCUT2D eigenvalue weighted by Gasteiger charge is -2.25. The summed E-state index contributed by atoms with van der Waals surface area (Å²) in [5.74, 6) is 0.382. The number of anilines is 1. The molecule has 1 atom stereocenters. The fraction of sp³-hybridized carbons (Fsp3) is 0.139. The molecule has 1 N–H and O–H groups in total. The number of nitrogens with one attached hydrogen (secondary N) is 1. The Morgan fingerprint density at radius 1 is 1.00 bits per heavy atom. The number of thiazole rings is 1. The Morgan fingerprint density at radius 2 is 1.74 bits per heavy atom. The van der Waals surface area contributed by atoms with Crippen molar-refractivity contribution in [1.82, 2.24) is 4.57 Å². The molecule has 2 heterocycles. The lowest BCUT2D eigenvalue weighted by molar-refractivity contribution is -0.113. The summed E-state index contributed by atoms with van der Waals surface area (Å²) in [4.78, 5) is 33.0. The van der Waals surface area contributed by atoms with Crippen LogP contribution in [0.15, 0.2) is 118 Å². The number of benzene rings is 4. The molecule has 5 aromatic rings. The highest BCUT2D eigenvalue weighted by Gasteiger charge is 2.32. The van der Waals surface area contributed by atoms with Gasteiger partial charge in [-0.15, -0.1) is 0 Å². The third kappa shape index (κ3) is 6.66. The first kappa shape index (κ1) is 31.0. The Balaban J connectivity index is 1.38. The predicted molar refractivity (Wildman–Crippen MR) is 179 cm³/mol. The lowest BCUT2D eigenvalue weighted by atomic mass is 9.95. The second-order valence-corrected chi connectivity index (χ2v) is 12.0. The van der Waals surface area contributed by atoms with Crippen molar-refractivity contribution >= 4 is 40.6 Å². The van der Waals surface area contributed by atoms with Crippen molar-refractivity contribution in [2.45, 2.75) is 26.5 Å². The first-order valence-electron chi connectivity index (χ1n) is 14.6. The third-order valence-electron chi connectivity index (χ3n) is 7.36. The zero-order valence-electron chi connectivity index (χ0n) is 25.0. The first-order valence-corrected chi connectivity index (χ1v) is 15.8. The maximum Gasteiger partial charge on any atom is 0.271 e. The summed E-state index contributed by atoms with van der Waals surface area (Å²) in [5.41, 5.74) is 3.51. The number of allylic oxidation sites excluding steroid dienone is 1. The first-order chi connectivity index (χ1) is 22.3. The van der Waals surface area contributed by atoms with Gasteiger partial charge in [-0.25, -0.2) is 9.38 Å². The van der Waals surface area contributed by atoms with Crippen LogP contribution in [0.1, 0.15) is 36.6 Å². The van der Waals surface area contributed by atoms with Gasteiger partial charge in [0.15, 0.2) is 16.3 Å². The molecule has 1 aromatic heterocycles. The average molecular weight is 654 g/mol. The quantitative estimate of drug-likeness (QED) is 0.193. The van der Waals surface area contributed by atoms with Crippen molar-refractivity contribution in [2.24, 2.45) is 4.99 Å². The van der Waals surface area contributed by atoms with Gasteiger partial charge < -0.3 is 14.8 Å². The number of aromatic nitrogens is 1. The molecule has 0 unspecified atom stereocenters. The Kier molecular flexibility index (Phi) is 9.14. The molecule has 6 rings (SSSR count). The molecule has 4 aromatic carbocycles. The number of nitrogens with zero attached hydrogens (tertiary/aromatic N) is 2. The van der Waals surface area contributed by atoms with Crippen LogP contribution in [0.3, 0.4) is 0 Å². The molecule has 0 spiro atoms. The molecule has 1 aliphatic heterocycles. The summed E-state index contributed by atoms with van der Waals surface area (Å²) >= 11 is 7.45. The third-order valence-corrected chi connectivity index (χ3v) is 8.59. The lowest BCUT2D eigenvalue weighted by Crippen LogP contribution is -2.40. The van der Waals surface area contributed by atoms with Gasteiger partial charge in [-0.3, -0.25) is 14.2 Å². The molecule has 0 radical (unpaired) electrons. The van der Waals surface area contributed by atoms with Crippen LogP contribution in [-0.2, 0) is 11.4 Å². The zero-order chi connectivity index (χ0) is 32.2. The van der Waals surface area contributed by atoms with E-state index in [1.807, 2.05) is 49.4 Å². The van der Waals surface area contributed by atoms with Gasteiger partial charge in [0.1, 0.15) is 12.4 Å². The van der Waals surface area contributed by atoms with Crippen LogP contribution >= 0.6 is 22.9 Å². The number of carbonyl (C=O) groups excluding carboxylic acids is 1. The average Bonchev–Trinajstić information content (AvgIpc) is 3.35. The fourth-order valence-corrected chi connectivity index (χ4v) is 6.36. The van der Waals surface area contributed by atoms with Gasteiger partial charge in [0.25, 0.3) is 11.5 Å². The van der Waals surface area contributed by atoms with E-state index >= 15 is 0 Å². The number of hydrogen-bond acceptors (Lipinski definition) is 6. The summed E-state index contributed by atoms with van der Waals surface area (Å²) in [7, 11) is 0. The van der Waals surface area contributed by atoms with E-state index in [2.05, 4.69) is 5.32 Å². The summed E-state index contributed by atoms with van der Waals surface area (Å²) < 4.78 is 27.1. The van der Waals surface area contributed by atoms with E-state index in [0.29, 0.717) is 49.4 Å². The van der Waals surface area contributed by atoms with Gasteiger partial charge in [0, 0.05) is 10.7 Å². The zero-order valence-corrected chi connectivity index (χ0v) is 26.6. The van der Waals surface area contributed by atoms with Gasteiger partial charge in [0.05, 0.1) is 28.5 Å². The van der Waals surface area contributed by atoms with Crippen LogP contribution in [0.25, 0.3) is 6.08 Å². The predicted octanol–water partition coefficient (Wildman–Crippen LogP) is 6.64. The Morgan fingerprint density at radius 3 is 2.46 bits per heavy atom. The van der Waals surface area contributed by atoms with Gasteiger partial charge in [0.2, 0.25) is 0 Å². The summed E-state index contributed by atoms with van der Waals surface area (Å²) in [5, 5.41) is 3.50. The molecule has 46 heavy (non-hydrogen) atoms. The highest BCUT2D eigenvalue weighted by atomic mass is 35.5. The standard InChI is InChI=1S/C36H29ClFN3O4S/c1-3-44-30-19-24(11-18-29(30)45-21-23-9-16-27(38)17-10-23)20-31-35(43)41-33(25-12-14-26(37)15-13-25)32(22(2)39-36(41)46-31)34(42)40-28-7-5-4-6-8-28/h4-20,33H,3,21H2,1-2H3,(H,40,42)/b31-20-/t33-/m1/s1. The SMILES string of the molecule is CCOc1cc(/C=c2\sc3n(c2=O)[C@H](c2ccc(Cl)cc2)C(C(=O)Nc2ccccc2)=C(C)N=3)ccc1OCc1ccc(F)cc1. The molecule has 1 aliphatic rings. The molecule has 0 fully saturated rings. The number of amides is 1. The number of rotatable bonds is 9. The monoisotopic (exact) mass is 653 g/mol. The van der Waals surface area contributed by atoms with Crippen molar-refractivity contribution in [2.75, 3.05) is 11.9 Å². The van der Waals surface area contributed by atoms with E-state index in [0.717, 1.165) is 16.7 Å². The second-order valence-electron chi connectivity index (χ2n) is 10.5. The van der Waals surface area contributed by atoms with Crippen molar-refractivity contribution < 1.29 is 18.7 Å².